The van der Waals surface area contributed by atoms with Gasteiger partial charge in [-0.3, -0.25) is 4.98 Å². The Morgan fingerprint density at radius 1 is 1.67 bits per heavy atom. The highest BCUT2D eigenvalue weighted by molar-refractivity contribution is 6.30. The summed E-state index contributed by atoms with van der Waals surface area (Å²) in [4.78, 5) is 3.64. The molecule has 1 aromatic rings. The predicted molar refractivity (Wildman–Crippen MR) is 36.2 cm³/mol. The van der Waals surface area contributed by atoms with Crippen LogP contribution in [-0.2, 0) is 0 Å². The summed E-state index contributed by atoms with van der Waals surface area (Å²) in [6, 6.07) is 3.32. The first kappa shape index (κ1) is 8.40. The molecule has 1 aromatic heterocycles. The molecule has 2 nitrogen and oxygen atoms in total. The van der Waals surface area contributed by atoms with Crippen LogP contribution in [-0.4, -0.2) is 17.2 Å². The molecule has 0 aliphatic carbocycles. The van der Waals surface area contributed by atoms with Crippen LogP contribution in [0.1, 0.15) is 0 Å². The normalized spacial score (nSPS) is 7.44. The van der Waals surface area contributed by atoms with Crippen molar-refractivity contribution in [1.82, 2.24) is 4.98 Å². The van der Waals surface area contributed by atoms with Crippen LogP contribution in [0, 0.1) is 6.20 Å². The Balaban J connectivity index is 0.000000291. The maximum atomic E-state index is 7.00. The zero-order valence-corrected chi connectivity index (χ0v) is 5.76. The standard InChI is InChI=1S/C5H3ClN.CH4O/c6-5-1-3-7-4-2-5;1-2/h1-3H;2H,1H3. The van der Waals surface area contributed by atoms with Crippen LogP contribution < -0.4 is 0 Å². The van der Waals surface area contributed by atoms with E-state index in [0.717, 1.165) is 7.11 Å². The fraction of sp³-hybridized carbons (Fsp3) is 0.167. The number of pyridine rings is 1. The molecule has 0 bridgehead atoms. The molecular formula is C6H7ClNO. The smallest absolute Gasteiger partial charge is 0.0901 e. The largest absolute Gasteiger partial charge is 0.400 e. The van der Waals surface area contributed by atoms with Gasteiger partial charge in [-0.15, -0.1) is 0 Å². The molecule has 1 radical (unpaired) electrons. The summed E-state index contributed by atoms with van der Waals surface area (Å²) in [5.41, 5.74) is 0. The van der Waals surface area contributed by atoms with Gasteiger partial charge in [-0.05, 0) is 12.1 Å². The highest BCUT2D eigenvalue weighted by Crippen LogP contribution is 2.01. The minimum absolute atomic E-state index is 0.676. The van der Waals surface area contributed by atoms with Gasteiger partial charge in [-0.2, -0.15) is 0 Å². The van der Waals surface area contributed by atoms with Gasteiger partial charge in [0.05, 0.1) is 6.20 Å². The minimum Gasteiger partial charge on any atom is -0.400 e. The van der Waals surface area contributed by atoms with Gasteiger partial charge in [0, 0.05) is 18.3 Å². The zero-order chi connectivity index (χ0) is 7.11. The number of halogens is 1. The number of hydrogen-bond donors (Lipinski definition) is 1. The minimum atomic E-state index is 0.676. The summed E-state index contributed by atoms with van der Waals surface area (Å²) < 4.78 is 0. The van der Waals surface area contributed by atoms with Crippen molar-refractivity contribution in [3.8, 4) is 0 Å². The average Bonchev–Trinajstić information content (AvgIpc) is 1.94. The molecule has 0 unspecified atom stereocenters. The molecule has 0 amide bonds. The fourth-order valence-electron chi connectivity index (χ4n) is 0.299. The van der Waals surface area contributed by atoms with Crippen LogP contribution in [0.25, 0.3) is 0 Å². The number of hydrogen-bond acceptors (Lipinski definition) is 2. The first-order valence-corrected chi connectivity index (χ1v) is 2.70. The monoisotopic (exact) mass is 144 g/mol. The topological polar surface area (TPSA) is 33.1 Å². The summed E-state index contributed by atoms with van der Waals surface area (Å²) in [6.07, 6.45) is 4.18. The second-order valence-electron chi connectivity index (χ2n) is 1.10. The van der Waals surface area contributed by atoms with Crippen molar-refractivity contribution in [2.24, 2.45) is 0 Å². The average molecular weight is 145 g/mol. The van der Waals surface area contributed by atoms with E-state index in [2.05, 4.69) is 11.2 Å². The Morgan fingerprint density at radius 3 is 2.56 bits per heavy atom. The lowest BCUT2D eigenvalue weighted by Gasteiger charge is -1.78. The van der Waals surface area contributed by atoms with Gasteiger partial charge < -0.3 is 5.11 Å². The summed E-state index contributed by atoms with van der Waals surface area (Å²) in [7, 11) is 1.00. The Morgan fingerprint density at radius 2 is 2.33 bits per heavy atom. The van der Waals surface area contributed by atoms with Crippen LogP contribution in [0.15, 0.2) is 18.3 Å². The molecule has 0 aromatic carbocycles. The number of aliphatic hydroxyl groups excluding tert-OH is 1. The fourth-order valence-corrected chi connectivity index (χ4v) is 0.404. The van der Waals surface area contributed by atoms with Gasteiger partial charge in [-0.1, -0.05) is 11.6 Å². The number of nitrogens with zero attached hydrogens (tertiary/aromatic N) is 1. The number of aliphatic hydroxyl groups is 1. The van der Waals surface area contributed by atoms with Crippen molar-refractivity contribution in [3.05, 3.63) is 29.5 Å². The zero-order valence-electron chi connectivity index (χ0n) is 5.00. The van der Waals surface area contributed by atoms with E-state index < -0.39 is 0 Å². The van der Waals surface area contributed by atoms with Crippen molar-refractivity contribution in [1.29, 1.82) is 0 Å². The summed E-state index contributed by atoms with van der Waals surface area (Å²) in [5.74, 6) is 0. The van der Waals surface area contributed by atoms with Crippen LogP contribution >= 0.6 is 11.6 Å². The lowest BCUT2D eigenvalue weighted by molar-refractivity contribution is 0.399. The molecule has 3 heteroatoms. The van der Waals surface area contributed by atoms with E-state index in [0.29, 0.717) is 5.02 Å². The third-order valence-electron chi connectivity index (χ3n) is 0.585. The number of aromatic nitrogens is 1. The quantitative estimate of drug-likeness (QED) is 0.593. The molecule has 0 spiro atoms. The van der Waals surface area contributed by atoms with Crippen molar-refractivity contribution in [2.75, 3.05) is 7.11 Å². The maximum absolute atomic E-state index is 7.00. The summed E-state index contributed by atoms with van der Waals surface area (Å²) >= 11 is 5.47. The lowest BCUT2D eigenvalue weighted by Crippen LogP contribution is -1.64. The van der Waals surface area contributed by atoms with E-state index in [9.17, 15) is 0 Å². The second kappa shape index (κ2) is 5.54. The maximum Gasteiger partial charge on any atom is 0.0901 e. The van der Waals surface area contributed by atoms with Gasteiger partial charge >= 0.3 is 0 Å². The Hall–Kier alpha value is -0.600. The molecular weight excluding hydrogens is 138 g/mol. The molecule has 0 fully saturated rings. The van der Waals surface area contributed by atoms with Crippen molar-refractivity contribution >= 4 is 11.6 Å². The lowest BCUT2D eigenvalue weighted by atomic mass is 10.5. The molecule has 1 rings (SSSR count). The van der Waals surface area contributed by atoms with Crippen LogP contribution in [0.4, 0.5) is 0 Å². The van der Waals surface area contributed by atoms with Crippen LogP contribution in [0.2, 0.25) is 5.02 Å². The van der Waals surface area contributed by atoms with Crippen molar-refractivity contribution in [3.63, 3.8) is 0 Å². The van der Waals surface area contributed by atoms with E-state index in [1.807, 2.05) is 0 Å². The molecule has 0 aliphatic heterocycles. The Kier molecular flexibility index (Phi) is 5.17. The highest BCUT2D eigenvalue weighted by Gasteiger charge is 1.76. The van der Waals surface area contributed by atoms with E-state index in [-0.39, 0.29) is 0 Å². The molecule has 0 aliphatic rings. The molecule has 1 N–H and O–H groups in total. The molecule has 0 saturated carbocycles. The number of rotatable bonds is 0. The van der Waals surface area contributed by atoms with Gasteiger partial charge in [0.1, 0.15) is 0 Å². The van der Waals surface area contributed by atoms with Crippen LogP contribution in [0.3, 0.4) is 0 Å². The van der Waals surface area contributed by atoms with Gasteiger partial charge in [-0.25, -0.2) is 0 Å². The van der Waals surface area contributed by atoms with E-state index in [1.165, 1.54) is 0 Å². The van der Waals surface area contributed by atoms with Crippen molar-refractivity contribution in [2.45, 2.75) is 0 Å². The molecule has 9 heavy (non-hydrogen) atoms. The summed E-state index contributed by atoms with van der Waals surface area (Å²) in [5, 5.41) is 7.68. The Bertz CT molecular complexity index is 143. The van der Waals surface area contributed by atoms with Crippen molar-refractivity contribution < 1.29 is 5.11 Å². The highest BCUT2D eigenvalue weighted by atomic mass is 35.5. The second-order valence-corrected chi connectivity index (χ2v) is 1.54. The van der Waals surface area contributed by atoms with E-state index >= 15 is 0 Å². The molecule has 0 atom stereocenters. The van der Waals surface area contributed by atoms with Crippen LogP contribution in [0.5, 0.6) is 0 Å². The van der Waals surface area contributed by atoms with E-state index in [4.69, 9.17) is 16.7 Å². The third kappa shape index (κ3) is 3.94. The molecule has 49 valence electrons. The van der Waals surface area contributed by atoms with Gasteiger partial charge in [0.2, 0.25) is 0 Å². The first-order chi connectivity index (χ1) is 4.39. The Labute approximate surface area is 59.1 Å². The molecule has 1 heterocycles. The van der Waals surface area contributed by atoms with Gasteiger partial charge in [0.25, 0.3) is 0 Å². The SMILES string of the molecule is CO.Clc1c[c]ncc1. The van der Waals surface area contributed by atoms with Gasteiger partial charge in [0.15, 0.2) is 0 Å². The van der Waals surface area contributed by atoms with E-state index in [1.54, 1.807) is 18.3 Å². The predicted octanol–water partition coefficient (Wildman–Crippen LogP) is 1.14. The molecule has 0 saturated heterocycles. The third-order valence-corrected chi connectivity index (χ3v) is 0.820. The summed E-state index contributed by atoms with van der Waals surface area (Å²) in [6.45, 7) is 0. The first-order valence-electron chi connectivity index (χ1n) is 2.32.